The Bertz CT molecular complexity index is 2400. The van der Waals surface area contributed by atoms with E-state index in [1.807, 2.05) is 0 Å². The van der Waals surface area contributed by atoms with Crippen molar-refractivity contribution in [2.24, 2.45) is 0 Å². The van der Waals surface area contributed by atoms with Crippen LogP contribution in [0.5, 0.6) is 0 Å². The van der Waals surface area contributed by atoms with Gasteiger partial charge < -0.3 is 9.32 Å². The van der Waals surface area contributed by atoms with Crippen LogP contribution in [0.1, 0.15) is 25.0 Å². The van der Waals surface area contributed by atoms with Gasteiger partial charge in [-0.25, -0.2) is 0 Å². The highest BCUT2D eigenvalue weighted by atomic mass is 16.3. The van der Waals surface area contributed by atoms with Crippen LogP contribution >= 0.6 is 0 Å². The lowest BCUT2D eigenvalue weighted by atomic mass is 9.82. The molecule has 0 spiro atoms. The van der Waals surface area contributed by atoms with Crippen molar-refractivity contribution in [1.82, 2.24) is 0 Å². The monoisotopic (exact) mass is 603 g/mol. The second kappa shape index (κ2) is 10.6. The Morgan fingerprint density at radius 1 is 0.468 bits per heavy atom. The summed E-state index contributed by atoms with van der Waals surface area (Å²) in [4.78, 5) is 2.44. The van der Waals surface area contributed by atoms with E-state index in [1.165, 1.54) is 44.5 Å². The van der Waals surface area contributed by atoms with Crippen molar-refractivity contribution in [3.8, 4) is 33.4 Å². The quantitative estimate of drug-likeness (QED) is 0.195. The number of hydrogen-bond acceptors (Lipinski definition) is 2. The number of fused-ring (bicyclic) bond motifs is 6. The lowest BCUT2D eigenvalue weighted by molar-refractivity contribution is 0.647. The van der Waals surface area contributed by atoms with Gasteiger partial charge in [-0.1, -0.05) is 135 Å². The first-order valence-corrected chi connectivity index (χ1v) is 16.3. The zero-order valence-electron chi connectivity index (χ0n) is 26.4. The highest BCUT2D eigenvalue weighted by Crippen LogP contribution is 2.58. The van der Waals surface area contributed by atoms with Gasteiger partial charge in [-0.05, 0) is 81.4 Å². The van der Waals surface area contributed by atoms with Crippen molar-refractivity contribution >= 4 is 39.0 Å². The van der Waals surface area contributed by atoms with Crippen LogP contribution in [0.15, 0.2) is 168 Å². The second-order valence-corrected chi connectivity index (χ2v) is 13.0. The molecule has 7 aromatic carbocycles. The zero-order chi connectivity index (χ0) is 31.5. The normalized spacial score (nSPS) is 13.1. The van der Waals surface area contributed by atoms with Crippen LogP contribution in [-0.2, 0) is 5.41 Å². The summed E-state index contributed by atoms with van der Waals surface area (Å²) in [5.74, 6) is 0. The van der Waals surface area contributed by atoms with Crippen LogP contribution < -0.4 is 4.90 Å². The predicted octanol–water partition coefficient (Wildman–Crippen LogP) is 12.7. The largest absolute Gasteiger partial charge is 0.456 e. The Balaban J connectivity index is 1.39. The first-order valence-electron chi connectivity index (χ1n) is 16.3. The molecule has 1 heterocycles. The molecule has 0 saturated heterocycles. The van der Waals surface area contributed by atoms with Crippen molar-refractivity contribution < 1.29 is 4.42 Å². The van der Waals surface area contributed by atoms with Crippen LogP contribution in [0.3, 0.4) is 0 Å². The molecule has 47 heavy (non-hydrogen) atoms. The Morgan fingerprint density at radius 2 is 1.02 bits per heavy atom. The van der Waals surface area contributed by atoms with Gasteiger partial charge in [0.05, 0.1) is 11.1 Å². The lowest BCUT2D eigenvalue weighted by Gasteiger charge is -2.30. The Labute approximate surface area is 275 Å². The second-order valence-electron chi connectivity index (χ2n) is 13.0. The van der Waals surface area contributed by atoms with E-state index in [4.69, 9.17) is 4.42 Å². The maximum Gasteiger partial charge on any atom is 0.137 e. The molecule has 1 aromatic heterocycles. The molecular weight excluding hydrogens is 571 g/mol. The standard InChI is InChI=1S/C45H33NO/c1-45(2)38-21-13-12-20-36(38)42-39(45)29-41-43(37-28-33(24-27-40(37)47-41)31-16-8-4-9-17-31)44(42)46(34-18-10-5-11-19-34)35-25-22-32(23-26-35)30-14-6-3-7-15-30/h3-29H,1-2H3. The first-order chi connectivity index (χ1) is 23.1. The summed E-state index contributed by atoms with van der Waals surface area (Å²) in [6, 6.07) is 58.7. The minimum atomic E-state index is -0.192. The van der Waals surface area contributed by atoms with E-state index < -0.39 is 0 Å². The van der Waals surface area contributed by atoms with E-state index in [1.54, 1.807) is 0 Å². The molecule has 2 heteroatoms. The van der Waals surface area contributed by atoms with E-state index >= 15 is 0 Å². The molecule has 0 bridgehead atoms. The fourth-order valence-corrected chi connectivity index (χ4v) is 7.53. The maximum atomic E-state index is 6.77. The van der Waals surface area contributed by atoms with Gasteiger partial charge in [0.15, 0.2) is 0 Å². The van der Waals surface area contributed by atoms with Crippen LogP contribution in [0.4, 0.5) is 17.1 Å². The highest BCUT2D eigenvalue weighted by molar-refractivity contribution is 6.19. The number of para-hydroxylation sites is 1. The smallest absolute Gasteiger partial charge is 0.137 e. The molecule has 2 nitrogen and oxygen atoms in total. The van der Waals surface area contributed by atoms with Crippen LogP contribution in [0, 0.1) is 0 Å². The fraction of sp³-hybridized carbons (Fsp3) is 0.0667. The van der Waals surface area contributed by atoms with E-state index in [-0.39, 0.29) is 5.41 Å². The number of benzene rings is 7. The van der Waals surface area contributed by atoms with Gasteiger partial charge in [0, 0.05) is 27.7 Å². The third kappa shape index (κ3) is 4.33. The van der Waals surface area contributed by atoms with Crippen molar-refractivity contribution in [1.29, 1.82) is 0 Å². The van der Waals surface area contributed by atoms with Gasteiger partial charge in [-0.15, -0.1) is 0 Å². The summed E-state index contributed by atoms with van der Waals surface area (Å²) in [7, 11) is 0. The molecular formula is C45H33NO. The Morgan fingerprint density at radius 3 is 1.72 bits per heavy atom. The third-order valence-corrected chi connectivity index (χ3v) is 9.85. The number of nitrogens with zero attached hydrogens (tertiary/aromatic N) is 1. The molecule has 8 aromatic rings. The summed E-state index contributed by atoms with van der Waals surface area (Å²) >= 11 is 0. The van der Waals surface area contributed by atoms with E-state index in [9.17, 15) is 0 Å². The minimum Gasteiger partial charge on any atom is -0.456 e. The van der Waals surface area contributed by atoms with Gasteiger partial charge in [0.1, 0.15) is 11.2 Å². The fourth-order valence-electron chi connectivity index (χ4n) is 7.53. The van der Waals surface area contributed by atoms with Gasteiger partial charge in [-0.2, -0.15) is 0 Å². The van der Waals surface area contributed by atoms with Gasteiger partial charge in [0.25, 0.3) is 0 Å². The van der Waals surface area contributed by atoms with Crippen LogP contribution in [0.25, 0.3) is 55.3 Å². The molecule has 1 aliphatic rings. The number of furan rings is 1. The summed E-state index contributed by atoms with van der Waals surface area (Å²) < 4.78 is 6.77. The molecule has 9 rings (SSSR count). The van der Waals surface area contributed by atoms with Crippen LogP contribution in [-0.4, -0.2) is 0 Å². The molecule has 0 N–H and O–H groups in total. The summed E-state index contributed by atoms with van der Waals surface area (Å²) in [6.07, 6.45) is 0. The van der Waals surface area contributed by atoms with E-state index in [0.717, 1.165) is 39.0 Å². The number of rotatable bonds is 5. The van der Waals surface area contributed by atoms with E-state index in [0.29, 0.717) is 0 Å². The van der Waals surface area contributed by atoms with Gasteiger partial charge in [-0.3, -0.25) is 0 Å². The molecule has 0 atom stereocenters. The average molecular weight is 604 g/mol. The average Bonchev–Trinajstić information content (AvgIpc) is 3.61. The number of anilines is 3. The molecule has 0 unspecified atom stereocenters. The van der Waals surface area contributed by atoms with Crippen molar-refractivity contribution in [3.05, 3.63) is 175 Å². The lowest BCUT2D eigenvalue weighted by Crippen LogP contribution is -2.16. The van der Waals surface area contributed by atoms with Crippen LogP contribution in [0.2, 0.25) is 0 Å². The molecule has 0 fully saturated rings. The Kier molecular flexibility index (Phi) is 6.20. The summed E-state index contributed by atoms with van der Waals surface area (Å²) in [6.45, 7) is 4.68. The van der Waals surface area contributed by atoms with Crippen molar-refractivity contribution in [2.75, 3.05) is 4.90 Å². The van der Waals surface area contributed by atoms with Crippen molar-refractivity contribution in [2.45, 2.75) is 19.3 Å². The minimum absolute atomic E-state index is 0.192. The molecule has 1 aliphatic carbocycles. The van der Waals surface area contributed by atoms with Crippen molar-refractivity contribution in [3.63, 3.8) is 0 Å². The highest BCUT2D eigenvalue weighted by Gasteiger charge is 2.40. The maximum absolute atomic E-state index is 6.77. The molecule has 0 amide bonds. The molecule has 224 valence electrons. The zero-order valence-corrected chi connectivity index (χ0v) is 26.4. The topological polar surface area (TPSA) is 16.4 Å². The van der Waals surface area contributed by atoms with Gasteiger partial charge >= 0.3 is 0 Å². The third-order valence-electron chi connectivity index (χ3n) is 9.85. The summed E-state index contributed by atoms with van der Waals surface area (Å²) in [5.41, 5.74) is 14.9. The molecule has 0 radical (unpaired) electrons. The molecule has 0 aliphatic heterocycles. The van der Waals surface area contributed by atoms with Gasteiger partial charge in [0.2, 0.25) is 0 Å². The number of hydrogen-bond donors (Lipinski definition) is 0. The molecule has 0 saturated carbocycles. The predicted molar refractivity (Wildman–Crippen MR) is 197 cm³/mol. The van der Waals surface area contributed by atoms with E-state index in [2.05, 4.69) is 183 Å². The first kappa shape index (κ1) is 27.5. The Hall–Kier alpha value is -5.86. The summed E-state index contributed by atoms with van der Waals surface area (Å²) in [5, 5.41) is 2.24. The SMILES string of the molecule is CC1(C)c2ccccc2-c2c1cc1oc3ccc(-c4ccccc4)cc3c1c2N(c1ccccc1)c1ccc(-c2ccccc2)cc1.